The number of amides is 2. The fourth-order valence-electron chi connectivity index (χ4n) is 8.83. The lowest BCUT2D eigenvalue weighted by molar-refractivity contribution is -0.134. The van der Waals surface area contributed by atoms with Gasteiger partial charge in [0.25, 0.3) is 0 Å². The highest BCUT2D eigenvalue weighted by molar-refractivity contribution is 9.10. The zero-order chi connectivity index (χ0) is 44.1. The van der Waals surface area contributed by atoms with Gasteiger partial charge in [0.15, 0.2) is 0 Å². The predicted molar refractivity (Wildman–Crippen MR) is 252 cm³/mol. The Morgan fingerprint density at radius 2 is 1.76 bits per heavy atom. The number of halogens is 1. The molecule has 1 aliphatic carbocycles. The second kappa shape index (κ2) is 19.7. The van der Waals surface area contributed by atoms with Crippen molar-refractivity contribution in [1.82, 2.24) is 35.9 Å². The molecule has 17 heteroatoms. The Morgan fingerprint density at radius 3 is 2.52 bits per heavy atom. The molecule has 0 spiro atoms. The lowest BCUT2D eigenvalue weighted by atomic mass is 9.82. The molecule has 3 aromatic carbocycles. The molecule has 1 saturated carbocycles. The van der Waals surface area contributed by atoms with Gasteiger partial charge in [-0.05, 0) is 122 Å². The van der Waals surface area contributed by atoms with Crippen LogP contribution in [0.15, 0.2) is 71.6 Å². The van der Waals surface area contributed by atoms with E-state index in [2.05, 4.69) is 81.4 Å². The van der Waals surface area contributed by atoms with Crippen LogP contribution in [0.2, 0.25) is 0 Å². The van der Waals surface area contributed by atoms with Gasteiger partial charge in [-0.25, -0.2) is 4.98 Å². The fourth-order valence-corrected chi connectivity index (χ4v) is 10.5. The van der Waals surface area contributed by atoms with Gasteiger partial charge in [0.1, 0.15) is 30.0 Å². The first kappa shape index (κ1) is 44.5. The molecule has 4 heterocycles. The number of nitrogens with zero attached hydrogens (tertiary/aromatic N) is 5. The number of methoxy groups -OCH3 is 1. The van der Waals surface area contributed by atoms with Crippen molar-refractivity contribution in [2.24, 2.45) is 5.92 Å². The number of anilines is 5. The first-order chi connectivity index (χ1) is 30.4. The summed E-state index contributed by atoms with van der Waals surface area (Å²) < 4.78 is 26.3. The molecular weight excluding hydrogens is 883 g/mol. The number of imide groups is 1. The van der Waals surface area contributed by atoms with Gasteiger partial charge in [-0.3, -0.25) is 24.9 Å². The molecule has 2 aliphatic heterocycles. The summed E-state index contributed by atoms with van der Waals surface area (Å²) in [7, 11) is -1.09. The first-order valence-electron chi connectivity index (χ1n) is 21.8. The second-order valence-corrected chi connectivity index (χ2v) is 21.0. The highest BCUT2D eigenvalue weighted by atomic mass is 79.9. The number of fused-ring (bicyclic) bond motifs is 1. The minimum absolute atomic E-state index is 0.183. The van der Waals surface area contributed by atoms with Crippen molar-refractivity contribution in [3.63, 3.8) is 0 Å². The van der Waals surface area contributed by atoms with Crippen molar-refractivity contribution >= 4 is 80.1 Å². The van der Waals surface area contributed by atoms with Crippen LogP contribution in [0.1, 0.15) is 62.5 Å². The van der Waals surface area contributed by atoms with E-state index in [-0.39, 0.29) is 23.8 Å². The number of nitrogens with one attached hydrogen (secondary N) is 5. The van der Waals surface area contributed by atoms with E-state index < -0.39 is 7.14 Å². The smallest absolute Gasteiger partial charge is 0.234 e. The minimum Gasteiger partial charge on any atom is -0.494 e. The number of aryl methyl sites for hydroxylation is 1. The monoisotopic (exact) mass is 938 g/mol. The van der Waals surface area contributed by atoms with Crippen LogP contribution in [0.25, 0.3) is 11.0 Å². The highest BCUT2D eigenvalue weighted by Gasteiger charge is 2.32. The lowest BCUT2D eigenvalue weighted by Crippen LogP contribution is -2.45. The van der Waals surface area contributed by atoms with Crippen LogP contribution < -0.4 is 46.3 Å². The maximum Gasteiger partial charge on any atom is 0.234 e. The van der Waals surface area contributed by atoms with Crippen molar-refractivity contribution < 1.29 is 23.6 Å². The number of rotatable bonds is 17. The third kappa shape index (κ3) is 10.6. The van der Waals surface area contributed by atoms with Crippen molar-refractivity contribution in [2.75, 3.05) is 68.7 Å². The number of piperidine rings is 2. The van der Waals surface area contributed by atoms with Crippen LogP contribution in [-0.2, 0) is 20.6 Å². The second-order valence-electron chi connectivity index (χ2n) is 17.0. The lowest BCUT2D eigenvalue weighted by Gasteiger charge is -2.36. The molecule has 0 radical (unpaired) electrons. The summed E-state index contributed by atoms with van der Waals surface area (Å²) in [6, 6.07) is 16.2. The van der Waals surface area contributed by atoms with E-state index in [0.717, 1.165) is 81.8 Å². The quantitative estimate of drug-likeness (QED) is 0.0364. The molecular formula is C46H56BrN10O5P. The van der Waals surface area contributed by atoms with Gasteiger partial charge < -0.3 is 40.2 Å². The third-order valence-electron chi connectivity index (χ3n) is 12.2. The van der Waals surface area contributed by atoms with Gasteiger partial charge in [0, 0.05) is 69.0 Å². The molecule has 2 aromatic heterocycles. The van der Waals surface area contributed by atoms with Crippen molar-refractivity contribution in [1.29, 1.82) is 0 Å². The third-order valence-corrected chi connectivity index (χ3v) is 14.3. The summed E-state index contributed by atoms with van der Waals surface area (Å²) in [5.74, 6) is 2.24. The Hall–Kier alpha value is -5.15. The van der Waals surface area contributed by atoms with Crippen LogP contribution in [0.4, 0.5) is 28.8 Å². The number of carbonyl (C=O) groups excluding carboxylic acids is 2. The first-order valence-corrected chi connectivity index (χ1v) is 25.2. The summed E-state index contributed by atoms with van der Waals surface area (Å²) in [5.41, 5.74) is 5.98. The van der Waals surface area contributed by atoms with E-state index in [1.807, 2.05) is 36.4 Å². The predicted octanol–water partition coefficient (Wildman–Crippen LogP) is 7.01. The molecule has 5 aromatic rings. The molecule has 5 N–H and O–H groups in total. The molecule has 332 valence electrons. The SMILES string of the molecule is CCc1cc(Nc2ncc(Br)c(Nc3ccc4nccnc4c3P(C)(C)=O)n2)c(OC)cc1N1CCC(NCCNC[C@H]2C[C@@H](Oc3cccc(C4CCC(=O)NC4=O)c3)C2)CC1. The molecule has 2 amide bonds. The fraction of sp³-hybridized carbons (Fsp3) is 0.435. The van der Waals surface area contributed by atoms with E-state index >= 15 is 0 Å². The number of benzene rings is 3. The van der Waals surface area contributed by atoms with Crippen molar-refractivity contribution in [3.8, 4) is 11.5 Å². The van der Waals surface area contributed by atoms with Gasteiger partial charge >= 0.3 is 0 Å². The zero-order valence-corrected chi connectivity index (χ0v) is 38.7. The molecule has 0 bridgehead atoms. The molecule has 1 atom stereocenters. The van der Waals surface area contributed by atoms with Gasteiger partial charge in [0.05, 0.1) is 45.8 Å². The van der Waals surface area contributed by atoms with Gasteiger partial charge in [-0.1, -0.05) is 19.1 Å². The summed E-state index contributed by atoms with van der Waals surface area (Å²) in [6.07, 6.45) is 11.0. The average Bonchev–Trinajstić information content (AvgIpc) is 3.26. The Morgan fingerprint density at radius 1 is 0.952 bits per heavy atom. The van der Waals surface area contributed by atoms with E-state index in [4.69, 9.17) is 14.5 Å². The maximum atomic E-state index is 13.5. The Kier molecular flexibility index (Phi) is 13.9. The van der Waals surface area contributed by atoms with Crippen LogP contribution in [0.3, 0.4) is 0 Å². The van der Waals surface area contributed by atoms with Gasteiger partial charge in [-0.15, -0.1) is 0 Å². The van der Waals surface area contributed by atoms with Crippen LogP contribution >= 0.6 is 23.1 Å². The maximum absolute atomic E-state index is 13.5. The van der Waals surface area contributed by atoms with Crippen LogP contribution in [0, 0.1) is 5.92 Å². The Bertz CT molecular complexity index is 2510. The standard InChI is InChI=1S/C46H56BrN10O5P/c1-5-29-24-38(54-46-52-27-35(47)44(56-46)53-37-11-10-36-42(51-18-17-50-36)43(37)63(3,4)60)40(61-2)25-39(29)57-19-13-31(14-20-57)49-16-15-48-26-28-21-33(22-28)62-32-8-6-7-30(23-32)34-9-12-41(58)55-45(34)59/h6-8,10-11,17-18,23-25,27-28,31,33-34,48-49H,5,9,12-16,19-22,26H2,1-4H3,(H,55,58,59)(H2,52,53,54,56)/t28-,33+,34?. The van der Waals surface area contributed by atoms with E-state index in [1.165, 1.54) is 11.3 Å². The molecule has 8 rings (SSSR count). The molecule has 3 fully saturated rings. The summed E-state index contributed by atoms with van der Waals surface area (Å²) in [5, 5.41) is 17.2. The van der Waals surface area contributed by atoms with Crippen LogP contribution in [-0.4, -0.2) is 97.1 Å². The van der Waals surface area contributed by atoms with E-state index in [9.17, 15) is 14.2 Å². The Balaban J connectivity index is 0.795. The number of carbonyl (C=O) groups is 2. The zero-order valence-electron chi connectivity index (χ0n) is 36.2. The molecule has 15 nitrogen and oxygen atoms in total. The normalized spacial score (nSPS) is 19.4. The van der Waals surface area contributed by atoms with Crippen LogP contribution in [0.5, 0.6) is 11.5 Å². The number of aromatic nitrogens is 4. The molecule has 3 aliphatic rings. The summed E-state index contributed by atoms with van der Waals surface area (Å²) in [6.45, 7) is 10.3. The number of hydrogen-bond donors (Lipinski definition) is 5. The van der Waals surface area contributed by atoms with Gasteiger partial charge in [-0.2, -0.15) is 4.98 Å². The summed E-state index contributed by atoms with van der Waals surface area (Å²) in [4.78, 5) is 44.6. The highest BCUT2D eigenvalue weighted by Crippen LogP contribution is 2.42. The Labute approximate surface area is 376 Å². The summed E-state index contributed by atoms with van der Waals surface area (Å²) >= 11 is 3.59. The van der Waals surface area contributed by atoms with E-state index in [1.54, 1.807) is 39.0 Å². The number of ether oxygens (including phenoxy) is 2. The largest absolute Gasteiger partial charge is 0.494 e. The number of hydrogen-bond acceptors (Lipinski definition) is 14. The van der Waals surface area contributed by atoms with E-state index in [0.29, 0.717) is 68.8 Å². The van der Waals surface area contributed by atoms with Crippen molar-refractivity contribution in [2.45, 2.75) is 69.9 Å². The average molecular weight is 940 g/mol. The molecule has 1 unspecified atom stereocenters. The topological polar surface area (TPSA) is 185 Å². The van der Waals surface area contributed by atoms with Crippen molar-refractivity contribution in [3.05, 3.63) is 82.7 Å². The molecule has 63 heavy (non-hydrogen) atoms. The van der Waals surface area contributed by atoms with Gasteiger partial charge in [0.2, 0.25) is 17.8 Å². The minimum atomic E-state index is -2.77. The molecule has 2 saturated heterocycles.